The third-order valence-corrected chi connectivity index (χ3v) is 0.865. The van der Waals surface area contributed by atoms with Crippen molar-refractivity contribution < 1.29 is 4.74 Å². The molecule has 40 valence electrons. The fourth-order valence-corrected chi connectivity index (χ4v) is 0.505. The summed E-state index contributed by atoms with van der Waals surface area (Å²) in [6.45, 7) is 1.89. The zero-order valence-electron chi connectivity index (χ0n) is 4.18. The Morgan fingerprint density at radius 1 is 1.57 bits per heavy atom. The number of hydrogen-bond donors (Lipinski definition) is 1. The average Bonchev–Trinajstić information content (AvgIpc) is 1.90. The molecule has 1 heterocycles. The first kappa shape index (κ1) is 4.50. The molecule has 7 heavy (non-hydrogen) atoms. The number of hydrogen-bond acceptors (Lipinski definition) is 2. The summed E-state index contributed by atoms with van der Waals surface area (Å²) in [4.78, 5) is 0. The molecule has 0 saturated carbocycles. The fourth-order valence-electron chi connectivity index (χ4n) is 0.505. The van der Waals surface area contributed by atoms with Crippen LogP contribution in [0.15, 0.2) is 12.5 Å². The molecule has 0 bridgehead atoms. The van der Waals surface area contributed by atoms with Crippen molar-refractivity contribution in [1.29, 1.82) is 0 Å². The van der Waals surface area contributed by atoms with Gasteiger partial charge in [-0.2, -0.15) is 0 Å². The van der Waals surface area contributed by atoms with Gasteiger partial charge in [-0.05, 0) is 6.42 Å². The summed E-state index contributed by atoms with van der Waals surface area (Å²) in [6, 6.07) is 0. The number of rotatable bonds is 0. The van der Waals surface area contributed by atoms with Crippen LogP contribution in [0.25, 0.3) is 0 Å². The Kier molecular flexibility index (Phi) is 1.61. The molecule has 0 aliphatic carbocycles. The second-order valence-electron chi connectivity index (χ2n) is 1.48. The zero-order chi connectivity index (χ0) is 4.95. The van der Waals surface area contributed by atoms with Gasteiger partial charge in [0.1, 0.15) is 0 Å². The van der Waals surface area contributed by atoms with Crippen molar-refractivity contribution in [3.05, 3.63) is 12.5 Å². The summed E-state index contributed by atoms with van der Waals surface area (Å²) in [5.41, 5.74) is 0. The van der Waals surface area contributed by atoms with Gasteiger partial charge in [0.2, 0.25) is 0 Å². The lowest BCUT2D eigenvalue weighted by molar-refractivity contribution is 0.252. The highest BCUT2D eigenvalue weighted by Gasteiger charge is 1.86. The monoisotopic (exact) mass is 99.1 g/mol. The molecule has 0 spiro atoms. The van der Waals surface area contributed by atoms with Crippen LogP contribution in [0.5, 0.6) is 0 Å². The van der Waals surface area contributed by atoms with E-state index in [0.717, 1.165) is 19.6 Å². The maximum atomic E-state index is 4.95. The van der Waals surface area contributed by atoms with E-state index in [9.17, 15) is 0 Å². The molecule has 2 heteroatoms. The minimum Gasteiger partial charge on any atom is -0.500 e. The molecule has 2 nitrogen and oxygen atoms in total. The summed E-state index contributed by atoms with van der Waals surface area (Å²) in [5, 5.41) is 3.04. The lowest BCUT2D eigenvalue weighted by atomic mass is 10.5. The highest BCUT2D eigenvalue weighted by atomic mass is 16.5. The van der Waals surface area contributed by atoms with Crippen LogP contribution in [0, 0.1) is 0 Å². The summed E-state index contributed by atoms with van der Waals surface area (Å²) < 4.78 is 4.95. The summed E-state index contributed by atoms with van der Waals surface area (Å²) in [6.07, 6.45) is 4.62. The molecule has 1 aliphatic rings. The second kappa shape index (κ2) is 2.50. The van der Waals surface area contributed by atoms with Crippen LogP contribution in [-0.4, -0.2) is 13.2 Å². The van der Waals surface area contributed by atoms with Gasteiger partial charge < -0.3 is 10.1 Å². The van der Waals surface area contributed by atoms with E-state index in [0.29, 0.717) is 0 Å². The fraction of sp³-hybridized carbons (Fsp3) is 0.600. The highest BCUT2D eigenvalue weighted by molar-refractivity contribution is 4.72. The molecule has 0 amide bonds. The molecular weight excluding hydrogens is 90.1 g/mol. The maximum absolute atomic E-state index is 4.95. The molecule has 0 aromatic rings. The largest absolute Gasteiger partial charge is 0.500 e. The molecule has 0 radical (unpaired) electrons. The molecule has 1 N–H and O–H groups in total. The predicted octanol–water partition coefficient (Wildman–Crippen LogP) is 0.467. The summed E-state index contributed by atoms with van der Waals surface area (Å²) in [5.74, 6) is 0. The van der Waals surface area contributed by atoms with Gasteiger partial charge in [0.15, 0.2) is 0 Å². The normalized spacial score (nSPS) is 19.4. The van der Waals surface area contributed by atoms with Gasteiger partial charge in [0, 0.05) is 12.7 Å². The minimum absolute atomic E-state index is 0.851. The van der Waals surface area contributed by atoms with Gasteiger partial charge >= 0.3 is 0 Å². The van der Waals surface area contributed by atoms with Gasteiger partial charge in [-0.1, -0.05) is 0 Å². The second-order valence-corrected chi connectivity index (χ2v) is 1.48. The van der Waals surface area contributed by atoms with Crippen molar-refractivity contribution in [2.24, 2.45) is 0 Å². The van der Waals surface area contributed by atoms with Crippen molar-refractivity contribution in [3.8, 4) is 0 Å². The Labute approximate surface area is 43.2 Å². The first-order chi connectivity index (χ1) is 3.50. The SMILES string of the molecule is C1=COCCCN1. The smallest absolute Gasteiger partial charge is 0.0985 e. The maximum Gasteiger partial charge on any atom is 0.0985 e. The molecule has 0 aromatic heterocycles. The van der Waals surface area contributed by atoms with E-state index in [-0.39, 0.29) is 0 Å². The third kappa shape index (κ3) is 1.48. The molecule has 1 aliphatic heterocycles. The van der Waals surface area contributed by atoms with E-state index in [1.54, 1.807) is 6.26 Å². The molecule has 0 saturated heterocycles. The summed E-state index contributed by atoms with van der Waals surface area (Å²) >= 11 is 0. The molecule has 0 unspecified atom stereocenters. The van der Waals surface area contributed by atoms with Gasteiger partial charge in [-0.25, -0.2) is 0 Å². The third-order valence-electron chi connectivity index (χ3n) is 0.865. The number of nitrogens with one attached hydrogen (secondary N) is 1. The Morgan fingerprint density at radius 3 is 3.57 bits per heavy atom. The Hall–Kier alpha value is -0.660. The van der Waals surface area contributed by atoms with E-state index < -0.39 is 0 Å². The lowest BCUT2D eigenvalue weighted by Crippen LogP contribution is -2.04. The Balaban J connectivity index is 2.20. The molecule has 1 rings (SSSR count). The Bertz CT molecular complexity index is 62.5. The van der Waals surface area contributed by atoms with Crippen molar-refractivity contribution in [2.45, 2.75) is 6.42 Å². The van der Waals surface area contributed by atoms with E-state index in [1.807, 2.05) is 6.20 Å². The first-order valence-electron chi connectivity index (χ1n) is 2.50. The van der Waals surface area contributed by atoms with Crippen molar-refractivity contribution in [1.82, 2.24) is 5.32 Å². The van der Waals surface area contributed by atoms with Crippen molar-refractivity contribution in [2.75, 3.05) is 13.2 Å². The van der Waals surface area contributed by atoms with E-state index in [1.165, 1.54) is 0 Å². The average molecular weight is 99.1 g/mol. The van der Waals surface area contributed by atoms with Crippen molar-refractivity contribution >= 4 is 0 Å². The number of ether oxygens (including phenoxy) is 1. The first-order valence-corrected chi connectivity index (χ1v) is 2.50. The summed E-state index contributed by atoms with van der Waals surface area (Å²) in [7, 11) is 0. The standard InChI is InChI=1S/C5H9NO/c1-2-6-3-5-7-4-1/h3,5-6H,1-2,4H2. The Morgan fingerprint density at radius 2 is 2.57 bits per heavy atom. The predicted molar refractivity (Wildman–Crippen MR) is 27.7 cm³/mol. The lowest BCUT2D eigenvalue weighted by Gasteiger charge is -1.91. The van der Waals surface area contributed by atoms with Crippen LogP contribution in [0.3, 0.4) is 0 Å². The van der Waals surface area contributed by atoms with Gasteiger partial charge in [0.05, 0.1) is 12.9 Å². The van der Waals surface area contributed by atoms with Crippen LogP contribution in [0.1, 0.15) is 6.42 Å². The van der Waals surface area contributed by atoms with Crippen LogP contribution in [-0.2, 0) is 4.74 Å². The van der Waals surface area contributed by atoms with E-state index in [2.05, 4.69) is 5.32 Å². The highest BCUT2D eigenvalue weighted by Crippen LogP contribution is 1.85. The van der Waals surface area contributed by atoms with Crippen LogP contribution in [0.2, 0.25) is 0 Å². The van der Waals surface area contributed by atoms with Gasteiger partial charge in [0.25, 0.3) is 0 Å². The molecule has 0 atom stereocenters. The van der Waals surface area contributed by atoms with Crippen LogP contribution >= 0.6 is 0 Å². The van der Waals surface area contributed by atoms with Gasteiger partial charge in [-0.3, -0.25) is 0 Å². The molecule has 0 fully saturated rings. The topological polar surface area (TPSA) is 21.3 Å². The quantitative estimate of drug-likeness (QED) is 0.476. The van der Waals surface area contributed by atoms with Crippen LogP contribution in [0.4, 0.5) is 0 Å². The van der Waals surface area contributed by atoms with Gasteiger partial charge in [-0.15, -0.1) is 0 Å². The zero-order valence-corrected chi connectivity index (χ0v) is 4.18. The minimum atomic E-state index is 0.851. The van der Waals surface area contributed by atoms with Crippen molar-refractivity contribution in [3.63, 3.8) is 0 Å². The molecule has 0 aromatic carbocycles. The van der Waals surface area contributed by atoms with E-state index in [4.69, 9.17) is 4.74 Å². The molecular formula is C5H9NO. The van der Waals surface area contributed by atoms with Crippen LogP contribution < -0.4 is 5.32 Å². The van der Waals surface area contributed by atoms with E-state index >= 15 is 0 Å².